The molecule has 1 N–H and O–H groups in total. The summed E-state index contributed by atoms with van der Waals surface area (Å²) in [6.45, 7) is 6.02. The van der Waals surface area contributed by atoms with Gasteiger partial charge in [0.05, 0.1) is 18.1 Å². The van der Waals surface area contributed by atoms with E-state index in [1.807, 2.05) is 25.1 Å². The third-order valence-electron chi connectivity index (χ3n) is 5.40. The van der Waals surface area contributed by atoms with Crippen molar-refractivity contribution in [1.29, 1.82) is 0 Å². The van der Waals surface area contributed by atoms with Crippen LogP contribution >= 0.6 is 0 Å². The zero-order valence-corrected chi connectivity index (χ0v) is 18.2. The van der Waals surface area contributed by atoms with Gasteiger partial charge < -0.3 is 15.1 Å². The van der Waals surface area contributed by atoms with E-state index in [2.05, 4.69) is 10.4 Å². The number of carbonyl (C=O) groups excluding carboxylic acids is 1. The molecule has 10 nitrogen and oxygen atoms in total. The number of nitrogens with zero attached hydrogens (tertiary/aromatic N) is 6. The second-order valence-electron chi connectivity index (χ2n) is 7.64. The minimum Gasteiger partial charge on any atom is -0.357 e. The van der Waals surface area contributed by atoms with Gasteiger partial charge >= 0.3 is 0 Å². The normalized spacial score (nSPS) is 20.4. The Morgan fingerprint density at radius 3 is 2.55 bits per heavy atom. The van der Waals surface area contributed by atoms with E-state index < -0.39 is 10.0 Å². The molecule has 2 saturated heterocycles. The van der Waals surface area contributed by atoms with Crippen LogP contribution in [-0.2, 0) is 21.9 Å². The molecule has 3 heterocycles. The Kier molecular flexibility index (Phi) is 6.78. The highest BCUT2D eigenvalue weighted by Crippen LogP contribution is 2.20. The highest BCUT2D eigenvalue weighted by molar-refractivity contribution is 7.88. The van der Waals surface area contributed by atoms with E-state index in [1.54, 1.807) is 15.8 Å². The van der Waals surface area contributed by atoms with Gasteiger partial charge in [-0.05, 0) is 25.7 Å². The standard InChI is InChI=1S/C18H31N7O3S/c1-4-19-18(20-11-15-5-7-24(8-6-15)29(3,27)28)23-9-10-25(17(26)14-23)16-12-21-22(2)13-16/h12-13,15H,4-11,14H2,1-3H3,(H,19,20). The smallest absolute Gasteiger partial charge is 0.246 e. The summed E-state index contributed by atoms with van der Waals surface area (Å²) in [5.74, 6) is 1.13. The van der Waals surface area contributed by atoms with Crippen LogP contribution in [0.3, 0.4) is 0 Å². The number of hydrogen-bond donors (Lipinski definition) is 1. The first-order chi connectivity index (χ1) is 13.8. The molecule has 1 amide bonds. The Hall–Kier alpha value is -2.14. The highest BCUT2D eigenvalue weighted by Gasteiger charge is 2.28. The molecule has 29 heavy (non-hydrogen) atoms. The lowest BCUT2D eigenvalue weighted by Crippen LogP contribution is -2.55. The molecule has 0 aromatic carbocycles. The average molecular weight is 426 g/mol. The molecular weight excluding hydrogens is 394 g/mol. The van der Waals surface area contributed by atoms with Crippen molar-refractivity contribution in [3.05, 3.63) is 12.4 Å². The zero-order valence-electron chi connectivity index (χ0n) is 17.4. The second-order valence-corrected chi connectivity index (χ2v) is 9.62. The minimum absolute atomic E-state index is 0.0244. The first-order valence-electron chi connectivity index (χ1n) is 10.0. The van der Waals surface area contributed by atoms with Crippen LogP contribution in [0.15, 0.2) is 17.4 Å². The molecular formula is C18H31N7O3S. The van der Waals surface area contributed by atoms with E-state index in [0.717, 1.165) is 31.0 Å². The summed E-state index contributed by atoms with van der Waals surface area (Å²) >= 11 is 0. The lowest BCUT2D eigenvalue weighted by molar-refractivity contribution is -0.120. The van der Waals surface area contributed by atoms with Gasteiger partial charge in [-0.1, -0.05) is 0 Å². The molecule has 0 aliphatic carbocycles. The number of sulfonamides is 1. The topological polar surface area (TPSA) is 103 Å². The SMILES string of the molecule is CCNC(=NCC1CCN(S(C)(=O)=O)CC1)N1CCN(c2cnn(C)c2)C(=O)C1. The van der Waals surface area contributed by atoms with Crippen molar-refractivity contribution in [3.8, 4) is 0 Å². The summed E-state index contributed by atoms with van der Waals surface area (Å²) in [4.78, 5) is 21.2. The Labute approximate surface area is 172 Å². The van der Waals surface area contributed by atoms with E-state index in [0.29, 0.717) is 38.6 Å². The minimum atomic E-state index is -3.11. The van der Waals surface area contributed by atoms with E-state index in [-0.39, 0.29) is 12.5 Å². The van der Waals surface area contributed by atoms with Gasteiger partial charge in [-0.2, -0.15) is 5.10 Å². The van der Waals surface area contributed by atoms with Crippen LogP contribution in [0.4, 0.5) is 5.69 Å². The van der Waals surface area contributed by atoms with Gasteiger partial charge in [0.15, 0.2) is 5.96 Å². The summed E-state index contributed by atoms with van der Waals surface area (Å²) < 4.78 is 26.5. The van der Waals surface area contributed by atoms with Crippen molar-refractivity contribution in [1.82, 2.24) is 24.3 Å². The molecule has 0 unspecified atom stereocenters. The lowest BCUT2D eigenvalue weighted by atomic mass is 9.98. The van der Waals surface area contributed by atoms with Crippen molar-refractivity contribution in [2.75, 3.05) is 57.0 Å². The van der Waals surface area contributed by atoms with Gasteiger partial charge in [-0.15, -0.1) is 0 Å². The van der Waals surface area contributed by atoms with Crippen LogP contribution in [0.2, 0.25) is 0 Å². The van der Waals surface area contributed by atoms with Gasteiger partial charge in [0.25, 0.3) is 0 Å². The van der Waals surface area contributed by atoms with Gasteiger partial charge in [0.1, 0.15) is 6.54 Å². The Balaban J connectivity index is 1.58. The van der Waals surface area contributed by atoms with Gasteiger partial charge in [0, 0.05) is 52.5 Å². The number of aliphatic imine (C=N–C) groups is 1. The number of hydrogen-bond acceptors (Lipinski definition) is 5. The predicted octanol–water partition coefficient (Wildman–Crippen LogP) is -0.294. The third kappa shape index (κ3) is 5.47. The fourth-order valence-electron chi connectivity index (χ4n) is 3.74. The van der Waals surface area contributed by atoms with Crippen LogP contribution in [0, 0.1) is 5.92 Å². The maximum absolute atomic E-state index is 12.7. The number of rotatable bonds is 5. The summed E-state index contributed by atoms with van der Waals surface area (Å²) in [5, 5.41) is 7.43. The van der Waals surface area contributed by atoms with Crippen LogP contribution in [0.25, 0.3) is 0 Å². The zero-order chi connectivity index (χ0) is 21.0. The quantitative estimate of drug-likeness (QED) is 0.514. The van der Waals surface area contributed by atoms with E-state index >= 15 is 0 Å². The molecule has 162 valence electrons. The molecule has 1 aromatic heterocycles. The van der Waals surface area contributed by atoms with Crippen molar-refractivity contribution >= 4 is 27.6 Å². The maximum Gasteiger partial charge on any atom is 0.246 e. The van der Waals surface area contributed by atoms with Crippen molar-refractivity contribution in [3.63, 3.8) is 0 Å². The number of guanidine groups is 1. The maximum atomic E-state index is 12.7. The summed E-state index contributed by atoms with van der Waals surface area (Å²) in [6, 6.07) is 0. The molecule has 0 bridgehead atoms. The molecule has 0 spiro atoms. The van der Waals surface area contributed by atoms with Gasteiger partial charge in [0.2, 0.25) is 15.9 Å². The molecule has 2 aliphatic heterocycles. The number of carbonyl (C=O) groups is 1. The predicted molar refractivity (Wildman–Crippen MR) is 112 cm³/mol. The number of anilines is 1. The third-order valence-corrected chi connectivity index (χ3v) is 6.70. The number of piperidine rings is 1. The van der Waals surface area contributed by atoms with Gasteiger partial charge in [-0.25, -0.2) is 12.7 Å². The lowest BCUT2D eigenvalue weighted by Gasteiger charge is -2.35. The number of amides is 1. The van der Waals surface area contributed by atoms with Crippen molar-refractivity contribution in [2.24, 2.45) is 18.0 Å². The largest absolute Gasteiger partial charge is 0.357 e. The van der Waals surface area contributed by atoms with Crippen LogP contribution < -0.4 is 10.2 Å². The second kappa shape index (κ2) is 9.12. The fraction of sp³-hybridized carbons (Fsp3) is 0.722. The van der Waals surface area contributed by atoms with Crippen LogP contribution in [0.1, 0.15) is 19.8 Å². The summed E-state index contributed by atoms with van der Waals surface area (Å²) in [7, 11) is -1.28. The molecule has 3 rings (SSSR count). The Bertz CT molecular complexity index is 843. The molecule has 2 aliphatic rings. The number of aromatic nitrogens is 2. The average Bonchev–Trinajstić information content (AvgIpc) is 3.10. The van der Waals surface area contributed by atoms with Crippen molar-refractivity contribution in [2.45, 2.75) is 19.8 Å². The Morgan fingerprint density at radius 2 is 2.00 bits per heavy atom. The molecule has 0 radical (unpaired) electrons. The number of aryl methyl sites for hydroxylation is 1. The summed E-state index contributed by atoms with van der Waals surface area (Å²) in [6.07, 6.45) is 6.43. The summed E-state index contributed by atoms with van der Waals surface area (Å²) in [5.41, 5.74) is 0.816. The number of piperazine rings is 1. The van der Waals surface area contributed by atoms with Crippen molar-refractivity contribution < 1.29 is 13.2 Å². The first kappa shape index (κ1) is 21.6. The molecule has 11 heteroatoms. The van der Waals surface area contributed by atoms with Crippen LogP contribution in [0.5, 0.6) is 0 Å². The fourth-order valence-corrected chi connectivity index (χ4v) is 4.61. The molecule has 0 atom stereocenters. The van der Waals surface area contributed by atoms with E-state index in [1.165, 1.54) is 10.6 Å². The van der Waals surface area contributed by atoms with E-state index in [4.69, 9.17) is 4.99 Å². The molecule has 0 saturated carbocycles. The molecule has 1 aromatic rings. The Morgan fingerprint density at radius 1 is 1.28 bits per heavy atom. The van der Waals surface area contributed by atoms with Crippen LogP contribution in [-0.4, -0.2) is 91.3 Å². The first-order valence-corrected chi connectivity index (χ1v) is 11.9. The monoisotopic (exact) mass is 425 g/mol. The molecule has 2 fully saturated rings. The van der Waals surface area contributed by atoms with Gasteiger partial charge in [-0.3, -0.25) is 14.5 Å². The van der Waals surface area contributed by atoms with E-state index in [9.17, 15) is 13.2 Å². The number of nitrogens with one attached hydrogen (secondary N) is 1. The highest BCUT2D eigenvalue weighted by atomic mass is 32.2.